The van der Waals surface area contributed by atoms with Crippen LogP contribution in [0.15, 0.2) is 18.2 Å². The lowest BCUT2D eigenvalue weighted by Crippen LogP contribution is -2.12. The largest absolute Gasteiger partial charge is 0.332 e. The summed E-state index contributed by atoms with van der Waals surface area (Å²) in [6, 6.07) is 5.55. The van der Waals surface area contributed by atoms with Gasteiger partial charge in [-0.3, -0.25) is 4.79 Å². The van der Waals surface area contributed by atoms with E-state index in [9.17, 15) is 13.6 Å². The van der Waals surface area contributed by atoms with Crippen LogP contribution in [0.3, 0.4) is 0 Å². The minimum atomic E-state index is -0.870. The highest BCUT2D eigenvalue weighted by Crippen LogP contribution is 2.10. The van der Waals surface area contributed by atoms with Crippen LogP contribution in [0.5, 0.6) is 0 Å². The maximum Gasteiger partial charge on any atom is 0.240 e. The van der Waals surface area contributed by atoms with Crippen molar-refractivity contribution in [2.24, 2.45) is 0 Å². The van der Waals surface area contributed by atoms with Gasteiger partial charge < -0.3 is 4.90 Å². The second kappa shape index (κ2) is 4.96. The number of carbonyl (C=O) groups is 1. The molecule has 0 spiro atoms. The maximum absolute atomic E-state index is 13.3. The number of Topliss-reactive ketones (excluding diaryl/α,β-unsaturated/α-hetero) is 1. The number of carbonyl (C=O) groups excluding carboxylic acids is 1. The van der Waals surface area contributed by atoms with Crippen LogP contribution in [0.2, 0.25) is 0 Å². The zero-order valence-corrected chi connectivity index (χ0v) is 9.17. The second-order valence-corrected chi connectivity index (χ2v) is 3.88. The first-order chi connectivity index (χ1) is 8.16. The topological polar surface area (TPSA) is 20.3 Å². The molecular formula is C13H11F2NO. The molecule has 0 N–H and O–H groups in total. The molecule has 2 rings (SSSR count). The van der Waals surface area contributed by atoms with Crippen LogP contribution in [-0.4, -0.2) is 23.8 Å². The Labute approximate surface area is 98.2 Å². The first-order valence-corrected chi connectivity index (χ1v) is 5.43. The molecule has 4 heteroatoms. The van der Waals surface area contributed by atoms with Crippen LogP contribution in [0.25, 0.3) is 0 Å². The molecule has 1 aromatic rings. The van der Waals surface area contributed by atoms with Gasteiger partial charge in [0.1, 0.15) is 11.6 Å². The summed E-state index contributed by atoms with van der Waals surface area (Å²) in [6.07, 6.45) is 2.13. The minimum Gasteiger partial charge on any atom is -0.332 e. The van der Waals surface area contributed by atoms with Crippen LogP contribution in [0.1, 0.15) is 23.2 Å². The third kappa shape index (κ3) is 2.82. The summed E-state index contributed by atoms with van der Waals surface area (Å²) in [5.74, 6) is 0.187. The summed E-state index contributed by atoms with van der Waals surface area (Å²) in [6.45, 7) is 1.68. The van der Waals surface area contributed by atoms with Crippen molar-refractivity contribution in [3.05, 3.63) is 35.4 Å². The van der Waals surface area contributed by atoms with Crippen LogP contribution in [-0.2, 0) is 0 Å². The summed E-state index contributed by atoms with van der Waals surface area (Å²) in [5.41, 5.74) is -0.182. The fourth-order valence-corrected chi connectivity index (χ4v) is 1.70. The summed E-state index contributed by atoms with van der Waals surface area (Å²) < 4.78 is 25.9. The highest BCUT2D eigenvalue weighted by molar-refractivity contribution is 6.09. The van der Waals surface area contributed by atoms with Crippen molar-refractivity contribution >= 4 is 5.78 Å². The molecule has 0 aromatic heterocycles. The Morgan fingerprint density at radius 1 is 1.24 bits per heavy atom. The Balaban J connectivity index is 2.13. The van der Waals surface area contributed by atoms with Crippen LogP contribution in [0, 0.1) is 23.6 Å². The number of rotatable bonds is 1. The highest BCUT2D eigenvalue weighted by atomic mass is 19.1. The third-order valence-corrected chi connectivity index (χ3v) is 2.61. The lowest BCUT2D eigenvalue weighted by Gasteiger charge is -2.05. The molecule has 0 bridgehead atoms. The summed E-state index contributed by atoms with van der Waals surface area (Å²) >= 11 is 0. The van der Waals surface area contributed by atoms with E-state index in [1.807, 2.05) is 4.90 Å². The zero-order chi connectivity index (χ0) is 12.3. The average molecular weight is 235 g/mol. The maximum atomic E-state index is 13.3. The van der Waals surface area contributed by atoms with Gasteiger partial charge in [-0.1, -0.05) is 0 Å². The summed E-state index contributed by atoms with van der Waals surface area (Å²) in [5, 5.41) is 0. The van der Waals surface area contributed by atoms with Crippen molar-refractivity contribution in [1.82, 2.24) is 4.90 Å². The SMILES string of the molecule is O=C(C#CN1CCCC1)c1ccc(F)cc1F. The van der Waals surface area contributed by atoms with Crippen molar-refractivity contribution in [2.75, 3.05) is 13.1 Å². The van der Waals surface area contributed by atoms with E-state index in [4.69, 9.17) is 0 Å². The number of halogens is 2. The van der Waals surface area contributed by atoms with Gasteiger partial charge in [0.2, 0.25) is 5.78 Å². The third-order valence-electron chi connectivity index (χ3n) is 2.61. The second-order valence-electron chi connectivity index (χ2n) is 3.88. The Kier molecular flexibility index (Phi) is 3.38. The molecule has 1 heterocycles. The van der Waals surface area contributed by atoms with Gasteiger partial charge in [0.25, 0.3) is 0 Å². The zero-order valence-electron chi connectivity index (χ0n) is 9.17. The molecule has 0 aliphatic carbocycles. The molecule has 0 radical (unpaired) electrons. The van der Waals surface area contributed by atoms with Crippen molar-refractivity contribution in [3.8, 4) is 12.0 Å². The smallest absolute Gasteiger partial charge is 0.240 e. The monoisotopic (exact) mass is 235 g/mol. The highest BCUT2D eigenvalue weighted by Gasteiger charge is 2.11. The van der Waals surface area contributed by atoms with E-state index in [0.29, 0.717) is 6.07 Å². The number of nitrogens with zero attached hydrogens (tertiary/aromatic N) is 1. The van der Waals surface area contributed by atoms with E-state index in [-0.39, 0.29) is 5.56 Å². The minimum absolute atomic E-state index is 0.182. The van der Waals surface area contributed by atoms with Crippen molar-refractivity contribution in [2.45, 2.75) is 12.8 Å². The van der Waals surface area contributed by atoms with E-state index in [1.165, 1.54) is 0 Å². The molecule has 0 saturated carbocycles. The predicted octanol–water partition coefficient (Wildman–Crippen LogP) is 2.20. The Hall–Kier alpha value is -1.89. The van der Waals surface area contributed by atoms with Gasteiger partial charge >= 0.3 is 0 Å². The lowest BCUT2D eigenvalue weighted by molar-refractivity contribution is 0.105. The predicted molar refractivity (Wildman–Crippen MR) is 59.3 cm³/mol. The van der Waals surface area contributed by atoms with Gasteiger partial charge in [0.15, 0.2) is 0 Å². The van der Waals surface area contributed by atoms with Gasteiger partial charge in [-0.2, -0.15) is 0 Å². The van der Waals surface area contributed by atoms with Gasteiger partial charge in [0, 0.05) is 31.1 Å². The average Bonchev–Trinajstić information content (AvgIpc) is 2.78. The number of likely N-dealkylation sites (tertiary alicyclic amines) is 1. The van der Waals surface area contributed by atoms with Crippen LogP contribution < -0.4 is 0 Å². The summed E-state index contributed by atoms with van der Waals surface area (Å²) in [4.78, 5) is 13.4. The molecule has 17 heavy (non-hydrogen) atoms. The molecule has 1 aliphatic rings. The lowest BCUT2D eigenvalue weighted by atomic mass is 10.1. The first kappa shape index (κ1) is 11.6. The van der Waals surface area contributed by atoms with E-state index in [0.717, 1.165) is 38.1 Å². The number of hydrogen-bond donors (Lipinski definition) is 0. The van der Waals surface area contributed by atoms with Gasteiger partial charge in [0.05, 0.1) is 5.56 Å². The normalized spacial score (nSPS) is 14.4. The molecule has 1 aliphatic heterocycles. The first-order valence-electron chi connectivity index (χ1n) is 5.43. The van der Waals surface area contributed by atoms with E-state index < -0.39 is 17.4 Å². The number of hydrogen-bond acceptors (Lipinski definition) is 2. The Bertz CT molecular complexity index is 496. The van der Waals surface area contributed by atoms with Gasteiger partial charge in [-0.25, -0.2) is 8.78 Å². The quantitative estimate of drug-likeness (QED) is 0.549. The fourth-order valence-electron chi connectivity index (χ4n) is 1.70. The van der Waals surface area contributed by atoms with Gasteiger partial charge in [-0.15, -0.1) is 0 Å². The molecular weight excluding hydrogens is 224 g/mol. The van der Waals surface area contributed by atoms with E-state index >= 15 is 0 Å². The van der Waals surface area contributed by atoms with Crippen LogP contribution in [0.4, 0.5) is 8.78 Å². The standard InChI is InChI=1S/C13H11F2NO/c14-10-3-4-11(12(15)9-10)13(17)5-8-16-6-1-2-7-16/h3-4,9H,1-2,6-7H2. The van der Waals surface area contributed by atoms with Crippen molar-refractivity contribution < 1.29 is 13.6 Å². The van der Waals surface area contributed by atoms with Crippen molar-refractivity contribution in [3.63, 3.8) is 0 Å². The van der Waals surface area contributed by atoms with Gasteiger partial charge in [-0.05, 0) is 25.0 Å². The Morgan fingerprint density at radius 2 is 1.94 bits per heavy atom. The number of ketones is 1. The number of benzene rings is 1. The summed E-state index contributed by atoms with van der Waals surface area (Å²) in [7, 11) is 0. The molecule has 1 fully saturated rings. The van der Waals surface area contributed by atoms with E-state index in [2.05, 4.69) is 12.0 Å². The molecule has 2 nitrogen and oxygen atoms in total. The molecule has 1 aromatic carbocycles. The Morgan fingerprint density at radius 3 is 2.59 bits per heavy atom. The van der Waals surface area contributed by atoms with E-state index in [1.54, 1.807) is 0 Å². The fraction of sp³-hybridized carbons (Fsp3) is 0.308. The molecule has 1 saturated heterocycles. The van der Waals surface area contributed by atoms with Crippen LogP contribution >= 0.6 is 0 Å². The molecule has 0 unspecified atom stereocenters. The molecule has 0 atom stereocenters. The molecule has 0 amide bonds. The van der Waals surface area contributed by atoms with Crippen molar-refractivity contribution in [1.29, 1.82) is 0 Å². The molecule has 88 valence electrons.